The molecule has 0 spiro atoms. The fraction of sp³-hybridized carbons (Fsp3) is 0.700. The van der Waals surface area contributed by atoms with Crippen molar-refractivity contribution in [2.24, 2.45) is 18.7 Å². The number of rotatable bonds is 4. The summed E-state index contributed by atoms with van der Waals surface area (Å²) in [6.45, 7) is 4.42. The third kappa shape index (κ3) is 2.58. The SMILES string of the molecule is CCC(C)CC(N)c1c(Br)cnn1C. The number of nitrogens with zero attached hydrogens (tertiary/aromatic N) is 2. The van der Waals surface area contributed by atoms with Crippen molar-refractivity contribution in [1.82, 2.24) is 9.78 Å². The number of aromatic nitrogens is 2. The monoisotopic (exact) mass is 259 g/mol. The molecule has 0 saturated carbocycles. The standard InChI is InChI=1S/C10H18BrN3/c1-4-7(2)5-9(12)10-8(11)6-13-14(10)3/h6-7,9H,4-5,12H2,1-3H3. The molecule has 0 aliphatic heterocycles. The molecule has 0 saturated heterocycles. The van der Waals surface area contributed by atoms with Gasteiger partial charge in [0.25, 0.3) is 0 Å². The Balaban J connectivity index is 2.73. The third-order valence-electron chi connectivity index (χ3n) is 2.64. The molecule has 0 amide bonds. The van der Waals surface area contributed by atoms with Gasteiger partial charge < -0.3 is 5.73 Å². The van der Waals surface area contributed by atoms with Crippen LogP contribution < -0.4 is 5.73 Å². The number of aryl methyl sites for hydroxylation is 1. The number of hydrogen-bond donors (Lipinski definition) is 1. The first kappa shape index (κ1) is 11.7. The second-order valence-electron chi connectivity index (χ2n) is 3.86. The Morgan fingerprint density at radius 2 is 2.29 bits per heavy atom. The molecule has 1 heterocycles. The maximum atomic E-state index is 6.13. The first-order chi connectivity index (χ1) is 6.56. The van der Waals surface area contributed by atoms with Crippen LogP contribution in [0.4, 0.5) is 0 Å². The van der Waals surface area contributed by atoms with E-state index in [-0.39, 0.29) is 6.04 Å². The first-order valence-electron chi connectivity index (χ1n) is 4.99. The second kappa shape index (κ2) is 4.94. The van der Waals surface area contributed by atoms with Crippen LogP contribution in [0.25, 0.3) is 0 Å². The maximum Gasteiger partial charge on any atom is 0.0690 e. The zero-order valence-corrected chi connectivity index (χ0v) is 10.6. The van der Waals surface area contributed by atoms with Gasteiger partial charge in [0.05, 0.1) is 16.4 Å². The minimum atomic E-state index is 0.0758. The molecule has 2 atom stereocenters. The quantitative estimate of drug-likeness (QED) is 0.904. The molecule has 0 aliphatic carbocycles. The summed E-state index contributed by atoms with van der Waals surface area (Å²) >= 11 is 3.47. The normalized spacial score (nSPS) is 15.5. The van der Waals surface area contributed by atoms with Gasteiger partial charge >= 0.3 is 0 Å². The molecule has 2 unspecified atom stereocenters. The maximum absolute atomic E-state index is 6.13. The lowest BCUT2D eigenvalue weighted by Crippen LogP contribution is -2.17. The molecule has 80 valence electrons. The summed E-state index contributed by atoms with van der Waals surface area (Å²) in [7, 11) is 1.93. The Morgan fingerprint density at radius 1 is 1.64 bits per heavy atom. The van der Waals surface area contributed by atoms with E-state index in [1.807, 2.05) is 11.7 Å². The Morgan fingerprint density at radius 3 is 2.71 bits per heavy atom. The highest BCUT2D eigenvalue weighted by Crippen LogP contribution is 2.26. The average Bonchev–Trinajstić information content (AvgIpc) is 2.46. The van der Waals surface area contributed by atoms with Gasteiger partial charge in [-0.25, -0.2) is 0 Å². The molecule has 0 bridgehead atoms. The highest BCUT2D eigenvalue weighted by Gasteiger charge is 2.16. The van der Waals surface area contributed by atoms with Gasteiger partial charge in [0.1, 0.15) is 0 Å². The zero-order valence-electron chi connectivity index (χ0n) is 9.00. The lowest BCUT2D eigenvalue weighted by molar-refractivity contribution is 0.444. The summed E-state index contributed by atoms with van der Waals surface area (Å²) in [5, 5.41) is 4.16. The van der Waals surface area contributed by atoms with E-state index in [1.54, 1.807) is 6.20 Å². The van der Waals surface area contributed by atoms with E-state index in [0.717, 1.165) is 16.6 Å². The van der Waals surface area contributed by atoms with Gasteiger partial charge in [0.2, 0.25) is 0 Å². The molecule has 3 nitrogen and oxygen atoms in total. The summed E-state index contributed by atoms with van der Waals surface area (Å²) in [6, 6.07) is 0.0758. The van der Waals surface area contributed by atoms with E-state index in [4.69, 9.17) is 5.73 Å². The molecule has 4 heteroatoms. The minimum absolute atomic E-state index is 0.0758. The predicted molar refractivity (Wildman–Crippen MR) is 61.9 cm³/mol. The van der Waals surface area contributed by atoms with Crippen LogP contribution in [0.3, 0.4) is 0 Å². The van der Waals surface area contributed by atoms with E-state index in [9.17, 15) is 0 Å². The Kier molecular flexibility index (Phi) is 4.13. The average molecular weight is 260 g/mol. The number of hydrogen-bond acceptors (Lipinski definition) is 2. The predicted octanol–water partition coefficient (Wildman–Crippen LogP) is 2.62. The smallest absolute Gasteiger partial charge is 0.0690 e. The van der Waals surface area contributed by atoms with Gasteiger partial charge in [0, 0.05) is 13.1 Å². The Bertz CT molecular complexity index is 276. The van der Waals surface area contributed by atoms with Crippen molar-refractivity contribution < 1.29 is 0 Å². The van der Waals surface area contributed by atoms with Gasteiger partial charge in [-0.1, -0.05) is 20.3 Å². The van der Waals surface area contributed by atoms with E-state index in [2.05, 4.69) is 34.9 Å². The van der Waals surface area contributed by atoms with Crippen LogP contribution in [0.5, 0.6) is 0 Å². The van der Waals surface area contributed by atoms with Gasteiger partial charge in [-0.15, -0.1) is 0 Å². The van der Waals surface area contributed by atoms with E-state index < -0.39 is 0 Å². The summed E-state index contributed by atoms with van der Waals surface area (Å²) in [5.74, 6) is 0.659. The van der Waals surface area contributed by atoms with Crippen molar-refractivity contribution in [2.75, 3.05) is 0 Å². The van der Waals surface area contributed by atoms with Crippen LogP contribution in [0.2, 0.25) is 0 Å². The molecule has 0 aliphatic rings. The Hall–Kier alpha value is -0.350. The van der Waals surface area contributed by atoms with Gasteiger partial charge in [-0.3, -0.25) is 4.68 Å². The molecule has 1 aromatic heterocycles. The molecule has 1 aromatic rings. The fourth-order valence-corrected chi connectivity index (χ4v) is 2.19. The molecule has 0 aromatic carbocycles. The van der Waals surface area contributed by atoms with E-state index in [0.29, 0.717) is 5.92 Å². The van der Waals surface area contributed by atoms with Crippen LogP contribution in [0.1, 0.15) is 38.4 Å². The summed E-state index contributed by atoms with van der Waals surface area (Å²) in [5.41, 5.74) is 7.22. The molecule has 1 rings (SSSR count). The van der Waals surface area contributed by atoms with Crippen LogP contribution in [-0.4, -0.2) is 9.78 Å². The zero-order chi connectivity index (χ0) is 10.7. The molecular formula is C10H18BrN3. The lowest BCUT2D eigenvalue weighted by atomic mass is 9.98. The van der Waals surface area contributed by atoms with Crippen LogP contribution in [0, 0.1) is 5.92 Å². The summed E-state index contributed by atoms with van der Waals surface area (Å²) in [4.78, 5) is 0. The molecular weight excluding hydrogens is 242 g/mol. The van der Waals surface area contributed by atoms with Crippen molar-refractivity contribution in [3.8, 4) is 0 Å². The minimum Gasteiger partial charge on any atom is -0.323 e. The topological polar surface area (TPSA) is 43.8 Å². The van der Waals surface area contributed by atoms with Crippen molar-refractivity contribution in [2.45, 2.75) is 32.7 Å². The first-order valence-corrected chi connectivity index (χ1v) is 5.78. The Labute approximate surface area is 93.8 Å². The van der Waals surface area contributed by atoms with E-state index >= 15 is 0 Å². The highest BCUT2D eigenvalue weighted by molar-refractivity contribution is 9.10. The largest absolute Gasteiger partial charge is 0.323 e. The van der Waals surface area contributed by atoms with E-state index in [1.165, 1.54) is 6.42 Å². The highest BCUT2D eigenvalue weighted by atomic mass is 79.9. The molecule has 0 radical (unpaired) electrons. The van der Waals surface area contributed by atoms with Crippen LogP contribution in [0.15, 0.2) is 10.7 Å². The van der Waals surface area contributed by atoms with Crippen LogP contribution >= 0.6 is 15.9 Å². The number of nitrogens with two attached hydrogens (primary N) is 1. The van der Waals surface area contributed by atoms with Crippen molar-refractivity contribution in [3.05, 3.63) is 16.4 Å². The second-order valence-corrected chi connectivity index (χ2v) is 4.71. The molecule has 0 fully saturated rings. The van der Waals surface area contributed by atoms with Gasteiger partial charge in [-0.2, -0.15) is 5.10 Å². The molecule has 14 heavy (non-hydrogen) atoms. The van der Waals surface area contributed by atoms with Crippen molar-refractivity contribution in [1.29, 1.82) is 0 Å². The fourth-order valence-electron chi connectivity index (χ4n) is 1.55. The van der Waals surface area contributed by atoms with Crippen molar-refractivity contribution >= 4 is 15.9 Å². The van der Waals surface area contributed by atoms with Crippen molar-refractivity contribution in [3.63, 3.8) is 0 Å². The summed E-state index contributed by atoms with van der Waals surface area (Å²) in [6.07, 6.45) is 3.98. The number of halogens is 1. The van der Waals surface area contributed by atoms with Crippen LogP contribution in [-0.2, 0) is 7.05 Å². The molecule has 2 N–H and O–H groups in total. The lowest BCUT2D eigenvalue weighted by Gasteiger charge is -2.16. The summed E-state index contributed by atoms with van der Waals surface area (Å²) < 4.78 is 2.85. The van der Waals surface area contributed by atoms with Gasteiger partial charge in [-0.05, 0) is 28.3 Å². The van der Waals surface area contributed by atoms with Gasteiger partial charge in [0.15, 0.2) is 0 Å². The third-order valence-corrected chi connectivity index (χ3v) is 3.25.